The second kappa shape index (κ2) is 9.48. The third kappa shape index (κ3) is 5.82. The van der Waals surface area contributed by atoms with E-state index in [2.05, 4.69) is 5.32 Å². The van der Waals surface area contributed by atoms with Gasteiger partial charge in [0.25, 0.3) is 5.91 Å². The first-order valence-corrected chi connectivity index (χ1v) is 8.02. The number of halogens is 1. The smallest absolute Gasteiger partial charge is 0.331 e. The van der Waals surface area contributed by atoms with E-state index in [1.807, 2.05) is 0 Å². The first-order valence-electron chi connectivity index (χ1n) is 7.64. The fourth-order valence-electron chi connectivity index (χ4n) is 2.04. The number of esters is 1. The molecular weight excluding hydrogens is 358 g/mol. The zero-order valence-electron chi connectivity index (χ0n) is 14.3. The molecule has 2 rings (SSSR count). The first kappa shape index (κ1) is 19.3. The summed E-state index contributed by atoms with van der Waals surface area (Å²) in [4.78, 5) is 23.5. The Balaban J connectivity index is 1.85. The van der Waals surface area contributed by atoms with Gasteiger partial charge in [0.05, 0.1) is 14.2 Å². The lowest BCUT2D eigenvalue weighted by atomic mass is 10.2. The Morgan fingerprint density at radius 1 is 1.04 bits per heavy atom. The number of hydrogen-bond donors (Lipinski definition) is 1. The third-order valence-electron chi connectivity index (χ3n) is 3.29. The van der Waals surface area contributed by atoms with Gasteiger partial charge < -0.3 is 19.5 Å². The Morgan fingerprint density at radius 3 is 2.38 bits per heavy atom. The number of benzene rings is 2. The number of nitrogens with one attached hydrogen (secondary N) is 1. The second-order valence-corrected chi connectivity index (χ2v) is 5.55. The molecule has 0 aromatic heterocycles. The minimum atomic E-state index is -0.633. The van der Waals surface area contributed by atoms with E-state index in [9.17, 15) is 9.59 Å². The summed E-state index contributed by atoms with van der Waals surface area (Å²) >= 11 is 5.77. The summed E-state index contributed by atoms with van der Waals surface area (Å²) in [5.74, 6) is 0.0580. The Morgan fingerprint density at radius 2 is 1.73 bits per heavy atom. The quantitative estimate of drug-likeness (QED) is 0.591. The molecule has 0 unspecified atom stereocenters. The van der Waals surface area contributed by atoms with Crippen molar-refractivity contribution < 1.29 is 23.8 Å². The summed E-state index contributed by atoms with van der Waals surface area (Å²) in [6.45, 7) is -0.391. The molecule has 0 spiro atoms. The van der Waals surface area contributed by atoms with Crippen LogP contribution in [0.4, 0.5) is 5.69 Å². The number of amides is 1. The van der Waals surface area contributed by atoms with E-state index in [-0.39, 0.29) is 0 Å². The van der Waals surface area contributed by atoms with Gasteiger partial charge in [-0.1, -0.05) is 17.7 Å². The molecule has 1 N–H and O–H groups in total. The van der Waals surface area contributed by atoms with Gasteiger partial charge in [0.2, 0.25) is 0 Å². The SMILES string of the molecule is COc1ccc(/C=C/C(=O)OCC(=O)Nc2ccc(Cl)cc2)cc1OC. The molecule has 7 heteroatoms. The molecule has 2 aromatic carbocycles. The maximum Gasteiger partial charge on any atom is 0.331 e. The highest BCUT2D eigenvalue weighted by Crippen LogP contribution is 2.27. The molecule has 26 heavy (non-hydrogen) atoms. The van der Waals surface area contributed by atoms with Crippen molar-refractivity contribution in [3.63, 3.8) is 0 Å². The molecule has 6 nitrogen and oxygen atoms in total. The zero-order valence-corrected chi connectivity index (χ0v) is 15.1. The van der Waals surface area contributed by atoms with Crippen molar-refractivity contribution in [2.24, 2.45) is 0 Å². The van der Waals surface area contributed by atoms with Crippen LogP contribution in [-0.4, -0.2) is 32.7 Å². The lowest BCUT2D eigenvalue weighted by Crippen LogP contribution is -2.20. The molecule has 0 saturated heterocycles. The van der Waals surface area contributed by atoms with Crippen LogP contribution < -0.4 is 14.8 Å². The summed E-state index contributed by atoms with van der Waals surface area (Å²) in [6, 6.07) is 11.8. The van der Waals surface area contributed by atoms with Crippen LogP contribution in [-0.2, 0) is 14.3 Å². The van der Waals surface area contributed by atoms with Gasteiger partial charge in [-0.3, -0.25) is 4.79 Å². The zero-order chi connectivity index (χ0) is 18.9. The van der Waals surface area contributed by atoms with Crippen molar-refractivity contribution in [2.45, 2.75) is 0 Å². The molecule has 1 amide bonds. The number of ether oxygens (including phenoxy) is 3. The van der Waals surface area contributed by atoms with Crippen LogP contribution in [0.2, 0.25) is 5.02 Å². The highest BCUT2D eigenvalue weighted by Gasteiger charge is 2.07. The van der Waals surface area contributed by atoms with Gasteiger partial charge in [-0.15, -0.1) is 0 Å². The molecule has 0 atom stereocenters. The third-order valence-corrected chi connectivity index (χ3v) is 3.54. The normalized spacial score (nSPS) is 10.4. The number of carbonyl (C=O) groups excluding carboxylic acids is 2. The van der Waals surface area contributed by atoms with Gasteiger partial charge in [0, 0.05) is 16.8 Å². The fourth-order valence-corrected chi connectivity index (χ4v) is 2.16. The van der Waals surface area contributed by atoms with Crippen LogP contribution in [0.3, 0.4) is 0 Å². The van der Waals surface area contributed by atoms with Crippen LogP contribution in [0.5, 0.6) is 11.5 Å². The van der Waals surface area contributed by atoms with Crippen molar-refractivity contribution in [2.75, 3.05) is 26.1 Å². The Hall–Kier alpha value is -2.99. The van der Waals surface area contributed by atoms with Crippen LogP contribution in [0, 0.1) is 0 Å². The minimum absolute atomic E-state index is 0.391. The lowest BCUT2D eigenvalue weighted by molar-refractivity contribution is -0.142. The van der Waals surface area contributed by atoms with Crippen molar-refractivity contribution in [1.82, 2.24) is 0 Å². The molecule has 0 heterocycles. The van der Waals surface area contributed by atoms with Crippen molar-refractivity contribution in [3.8, 4) is 11.5 Å². The van der Waals surface area contributed by atoms with Crippen LogP contribution >= 0.6 is 11.6 Å². The van der Waals surface area contributed by atoms with Gasteiger partial charge in [-0.2, -0.15) is 0 Å². The standard InChI is InChI=1S/C19H18ClNO5/c1-24-16-9-3-13(11-17(16)25-2)4-10-19(23)26-12-18(22)21-15-7-5-14(20)6-8-15/h3-11H,12H2,1-2H3,(H,21,22)/b10-4+. The molecule has 0 aliphatic heterocycles. The van der Waals surface area contributed by atoms with Gasteiger partial charge in [0.15, 0.2) is 18.1 Å². The van der Waals surface area contributed by atoms with Gasteiger partial charge >= 0.3 is 5.97 Å². The largest absolute Gasteiger partial charge is 0.493 e. The van der Waals surface area contributed by atoms with E-state index in [0.29, 0.717) is 22.2 Å². The summed E-state index contributed by atoms with van der Waals surface area (Å²) in [5.41, 5.74) is 1.29. The van der Waals surface area contributed by atoms with Gasteiger partial charge in [0.1, 0.15) is 0 Å². The predicted molar refractivity (Wildman–Crippen MR) is 99.6 cm³/mol. The Bertz CT molecular complexity index is 802. The number of anilines is 1. The van der Waals surface area contributed by atoms with E-state index < -0.39 is 18.5 Å². The molecule has 0 aliphatic rings. The van der Waals surface area contributed by atoms with Crippen molar-refractivity contribution in [1.29, 1.82) is 0 Å². The Labute approximate surface area is 156 Å². The number of carbonyl (C=O) groups is 2. The highest BCUT2D eigenvalue weighted by atomic mass is 35.5. The monoisotopic (exact) mass is 375 g/mol. The van der Waals surface area contributed by atoms with Crippen molar-refractivity contribution in [3.05, 3.63) is 59.1 Å². The van der Waals surface area contributed by atoms with Gasteiger partial charge in [-0.05, 0) is 48.0 Å². The predicted octanol–water partition coefficient (Wildman–Crippen LogP) is 3.55. The minimum Gasteiger partial charge on any atom is -0.493 e. The second-order valence-electron chi connectivity index (χ2n) is 5.11. The van der Waals surface area contributed by atoms with E-state index >= 15 is 0 Å². The summed E-state index contributed by atoms with van der Waals surface area (Å²) in [5, 5.41) is 3.16. The Kier molecular flexibility index (Phi) is 7.05. The molecule has 0 bridgehead atoms. The molecule has 136 valence electrons. The molecule has 2 aromatic rings. The average molecular weight is 376 g/mol. The first-order chi connectivity index (χ1) is 12.5. The van der Waals surface area contributed by atoms with Crippen LogP contribution in [0.15, 0.2) is 48.5 Å². The molecule has 0 saturated carbocycles. The fraction of sp³-hybridized carbons (Fsp3) is 0.158. The lowest BCUT2D eigenvalue weighted by Gasteiger charge is -2.07. The van der Waals surface area contributed by atoms with Gasteiger partial charge in [-0.25, -0.2) is 4.79 Å². The molecule has 0 aliphatic carbocycles. The summed E-state index contributed by atoms with van der Waals surface area (Å²) in [7, 11) is 3.07. The van der Waals surface area contributed by atoms with E-state index in [1.54, 1.807) is 55.7 Å². The molecular formula is C19H18ClNO5. The van der Waals surface area contributed by atoms with E-state index in [1.165, 1.54) is 13.2 Å². The number of rotatable bonds is 7. The molecule has 0 radical (unpaired) electrons. The van der Waals surface area contributed by atoms with Crippen LogP contribution in [0.25, 0.3) is 6.08 Å². The maximum atomic E-state index is 11.8. The number of methoxy groups -OCH3 is 2. The molecule has 0 fully saturated rings. The summed E-state index contributed by atoms with van der Waals surface area (Å²) < 4.78 is 15.2. The number of hydrogen-bond acceptors (Lipinski definition) is 5. The topological polar surface area (TPSA) is 73.9 Å². The maximum absolute atomic E-state index is 11.8. The van der Waals surface area contributed by atoms with Crippen molar-refractivity contribution >= 4 is 35.2 Å². The summed E-state index contributed by atoms with van der Waals surface area (Å²) in [6.07, 6.45) is 2.79. The van der Waals surface area contributed by atoms with E-state index in [4.69, 9.17) is 25.8 Å². The highest BCUT2D eigenvalue weighted by molar-refractivity contribution is 6.30. The van der Waals surface area contributed by atoms with Crippen LogP contribution in [0.1, 0.15) is 5.56 Å². The van der Waals surface area contributed by atoms with E-state index in [0.717, 1.165) is 5.56 Å². The average Bonchev–Trinajstić information content (AvgIpc) is 2.66.